The maximum absolute atomic E-state index is 13.8. The lowest BCUT2D eigenvalue weighted by molar-refractivity contribution is -0.137. The maximum atomic E-state index is 13.8. The van der Waals surface area contributed by atoms with Crippen molar-refractivity contribution in [2.24, 2.45) is 5.92 Å². The molecule has 2 aromatic heterocycles. The van der Waals surface area contributed by atoms with Gasteiger partial charge in [-0.25, -0.2) is 4.98 Å². The van der Waals surface area contributed by atoms with E-state index in [0.717, 1.165) is 36.2 Å². The fourth-order valence-corrected chi connectivity index (χ4v) is 4.32. The molecule has 2 unspecified atom stereocenters. The molecule has 3 aromatic rings. The third-order valence-electron chi connectivity index (χ3n) is 6.44. The van der Waals surface area contributed by atoms with E-state index in [1.165, 1.54) is 10.9 Å². The highest BCUT2D eigenvalue weighted by molar-refractivity contribution is 5.98. The lowest BCUT2D eigenvalue weighted by atomic mass is 9.89. The van der Waals surface area contributed by atoms with Crippen LogP contribution in [0.5, 0.6) is 0 Å². The quantitative estimate of drug-likeness (QED) is 0.585. The molecule has 1 N–H and O–H groups in total. The number of carbonyl (C=O) groups is 1. The molecule has 0 radical (unpaired) electrons. The smallest absolute Gasteiger partial charge is 0.368 e. The number of pyridine rings is 1. The van der Waals surface area contributed by atoms with Crippen molar-refractivity contribution in [1.29, 1.82) is 0 Å². The summed E-state index contributed by atoms with van der Waals surface area (Å²) < 4.78 is 38.5. The minimum atomic E-state index is -4.43. The molecule has 10 heteroatoms. The molecule has 4 rings (SSSR count). The molecule has 3 heterocycles. The highest BCUT2D eigenvalue weighted by Gasteiger charge is 2.34. The largest absolute Gasteiger partial charge is 0.417 e. The Morgan fingerprint density at radius 2 is 1.85 bits per heavy atom. The van der Waals surface area contributed by atoms with E-state index in [-0.39, 0.29) is 17.9 Å². The molecule has 2 atom stereocenters. The number of hydrogen-bond donors (Lipinski definition) is 1. The summed E-state index contributed by atoms with van der Waals surface area (Å²) in [6.07, 6.45) is 1.35. The molecule has 34 heavy (non-hydrogen) atoms. The number of carbonyl (C=O) groups excluding carboxylic acids is 1. The summed E-state index contributed by atoms with van der Waals surface area (Å²) in [5, 5.41) is 11.5. The highest BCUT2D eigenvalue weighted by atomic mass is 19.4. The van der Waals surface area contributed by atoms with E-state index < -0.39 is 11.7 Å². The average molecular weight is 473 g/mol. The first kappa shape index (κ1) is 23.7. The number of halogens is 3. The number of nitrogens with zero attached hydrogens (tertiary/aromatic N) is 5. The molecular weight excluding hydrogens is 445 g/mol. The van der Waals surface area contributed by atoms with Gasteiger partial charge in [0.15, 0.2) is 0 Å². The summed E-state index contributed by atoms with van der Waals surface area (Å²) in [6.45, 7) is 6.99. The predicted molar refractivity (Wildman–Crippen MR) is 122 cm³/mol. The van der Waals surface area contributed by atoms with Crippen molar-refractivity contribution in [1.82, 2.24) is 24.9 Å². The van der Waals surface area contributed by atoms with Gasteiger partial charge < -0.3 is 10.2 Å². The molecule has 1 aliphatic heterocycles. The summed E-state index contributed by atoms with van der Waals surface area (Å²) in [7, 11) is 0. The van der Waals surface area contributed by atoms with Crippen LogP contribution in [0.25, 0.3) is 5.69 Å². The Kier molecular flexibility index (Phi) is 6.58. The van der Waals surface area contributed by atoms with Gasteiger partial charge in [0, 0.05) is 19.3 Å². The van der Waals surface area contributed by atoms with Crippen LogP contribution in [0.3, 0.4) is 0 Å². The fraction of sp³-hybridized carbons (Fsp3) is 0.417. The van der Waals surface area contributed by atoms with Gasteiger partial charge in [0.2, 0.25) is 0 Å². The van der Waals surface area contributed by atoms with E-state index in [4.69, 9.17) is 0 Å². The Balaban J connectivity index is 1.58. The molecule has 0 bridgehead atoms. The summed E-state index contributed by atoms with van der Waals surface area (Å²) >= 11 is 0. The van der Waals surface area contributed by atoms with Crippen molar-refractivity contribution < 1.29 is 18.0 Å². The zero-order valence-electron chi connectivity index (χ0n) is 19.3. The van der Waals surface area contributed by atoms with E-state index in [9.17, 15) is 18.0 Å². The number of aromatic nitrogens is 4. The molecule has 7 nitrogen and oxygen atoms in total. The third kappa shape index (κ3) is 4.90. The van der Waals surface area contributed by atoms with Crippen LogP contribution in [0.15, 0.2) is 42.9 Å². The van der Waals surface area contributed by atoms with Gasteiger partial charge in [-0.1, -0.05) is 6.92 Å². The van der Waals surface area contributed by atoms with Crippen molar-refractivity contribution >= 4 is 11.7 Å². The van der Waals surface area contributed by atoms with E-state index in [1.54, 1.807) is 12.4 Å². The number of anilines is 1. The van der Waals surface area contributed by atoms with E-state index in [1.807, 2.05) is 30.9 Å². The second-order valence-electron chi connectivity index (χ2n) is 8.77. The molecular formula is C24H27F3N6O. The first-order valence-corrected chi connectivity index (χ1v) is 11.2. The summed E-state index contributed by atoms with van der Waals surface area (Å²) in [5.74, 6) is 0.428. The van der Waals surface area contributed by atoms with Crippen LogP contribution in [-0.4, -0.2) is 49.9 Å². The maximum Gasteiger partial charge on any atom is 0.417 e. The van der Waals surface area contributed by atoms with Crippen molar-refractivity contribution in [3.05, 3.63) is 65.1 Å². The molecule has 180 valence electrons. The Morgan fingerprint density at radius 3 is 2.50 bits per heavy atom. The standard InChI is InChI=1S/C24H27F3N6O/c1-15-5-4-10-32(21(15)14-29-22-7-6-18(13-28-22)24(25,26)27)23(34)19-11-16(2)17(3)12-20(19)33-30-8-9-31-33/h6-9,11-13,15,21H,4-5,10,14H2,1-3H3,(H,28,29). The summed E-state index contributed by atoms with van der Waals surface area (Å²) in [4.78, 5) is 21.0. The number of likely N-dealkylation sites (tertiary alicyclic amines) is 1. The zero-order valence-corrected chi connectivity index (χ0v) is 19.3. The molecule has 1 aliphatic rings. The Hall–Kier alpha value is -3.43. The molecule has 1 saturated heterocycles. The van der Waals surface area contributed by atoms with Crippen molar-refractivity contribution in [2.75, 3.05) is 18.4 Å². The minimum Gasteiger partial charge on any atom is -0.368 e. The topological polar surface area (TPSA) is 75.9 Å². The predicted octanol–water partition coefficient (Wildman–Crippen LogP) is 4.65. The normalized spacial score (nSPS) is 18.7. The summed E-state index contributed by atoms with van der Waals surface area (Å²) in [5.41, 5.74) is 2.37. The first-order valence-electron chi connectivity index (χ1n) is 11.2. The van der Waals surface area contributed by atoms with Gasteiger partial charge in [-0.3, -0.25) is 4.79 Å². The van der Waals surface area contributed by atoms with Crippen LogP contribution in [0.2, 0.25) is 0 Å². The number of alkyl halides is 3. The Labute approximate surface area is 196 Å². The van der Waals surface area contributed by atoms with Gasteiger partial charge in [-0.15, -0.1) is 0 Å². The van der Waals surface area contributed by atoms with Gasteiger partial charge >= 0.3 is 6.18 Å². The van der Waals surface area contributed by atoms with Gasteiger partial charge in [-0.2, -0.15) is 28.2 Å². The number of benzene rings is 1. The van der Waals surface area contributed by atoms with Crippen LogP contribution < -0.4 is 5.32 Å². The number of piperidine rings is 1. The number of nitrogens with one attached hydrogen (secondary N) is 1. The fourth-order valence-electron chi connectivity index (χ4n) is 4.32. The molecule has 1 fully saturated rings. The Morgan fingerprint density at radius 1 is 1.15 bits per heavy atom. The molecule has 0 saturated carbocycles. The van der Waals surface area contributed by atoms with Crippen LogP contribution in [0.4, 0.5) is 19.0 Å². The minimum absolute atomic E-state index is 0.117. The van der Waals surface area contributed by atoms with Gasteiger partial charge in [-0.05, 0) is 68.0 Å². The van der Waals surface area contributed by atoms with Gasteiger partial charge in [0.1, 0.15) is 5.82 Å². The highest BCUT2D eigenvalue weighted by Crippen LogP contribution is 2.30. The van der Waals surface area contributed by atoms with E-state index >= 15 is 0 Å². The van der Waals surface area contributed by atoms with Gasteiger partial charge in [0.25, 0.3) is 5.91 Å². The number of aryl methyl sites for hydroxylation is 2. The van der Waals surface area contributed by atoms with E-state index in [2.05, 4.69) is 27.4 Å². The lowest BCUT2D eigenvalue weighted by Gasteiger charge is -2.40. The van der Waals surface area contributed by atoms with Gasteiger partial charge in [0.05, 0.1) is 35.2 Å². The monoisotopic (exact) mass is 472 g/mol. The number of hydrogen-bond acceptors (Lipinski definition) is 5. The second kappa shape index (κ2) is 9.44. The third-order valence-corrected chi connectivity index (χ3v) is 6.44. The van der Waals surface area contributed by atoms with Crippen LogP contribution >= 0.6 is 0 Å². The SMILES string of the molecule is Cc1cc(C(=O)N2CCCC(C)C2CNc2ccc(C(F)(F)F)cn2)c(-n2nccn2)cc1C. The zero-order chi connectivity index (χ0) is 24.5. The Bertz CT molecular complexity index is 1140. The average Bonchev–Trinajstić information content (AvgIpc) is 3.34. The lowest BCUT2D eigenvalue weighted by Crippen LogP contribution is -2.51. The van der Waals surface area contributed by atoms with E-state index in [0.29, 0.717) is 30.2 Å². The molecule has 0 spiro atoms. The van der Waals surface area contributed by atoms with Crippen LogP contribution in [0.1, 0.15) is 46.8 Å². The summed E-state index contributed by atoms with van der Waals surface area (Å²) in [6, 6.07) is 5.95. The number of rotatable bonds is 5. The second-order valence-corrected chi connectivity index (χ2v) is 8.77. The first-order chi connectivity index (χ1) is 16.1. The van der Waals surface area contributed by atoms with Crippen LogP contribution in [0, 0.1) is 19.8 Å². The van der Waals surface area contributed by atoms with Crippen LogP contribution in [-0.2, 0) is 6.18 Å². The van der Waals surface area contributed by atoms with Crippen molar-refractivity contribution in [3.63, 3.8) is 0 Å². The molecule has 1 aromatic carbocycles. The van der Waals surface area contributed by atoms with Crippen molar-refractivity contribution in [3.8, 4) is 5.69 Å². The number of amides is 1. The molecule has 0 aliphatic carbocycles. The molecule has 1 amide bonds. The van der Waals surface area contributed by atoms with Crippen molar-refractivity contribution in [2.45, 2.75) is 45.8 Å².